The Morgan fingerprint density at radius 3 is 2.79 bits per heavy atom. The molecule has 0 aliphatic carbocycles. The van der Waals surface area contributed by atoms with E-state index in [-0.39, 0.29) is 23.1 Å². The van der Waals surface area contributed by atoms with E-state index in [1.807, 2.05) is 0 Å². The zero-order valence-corrected chi connectivity index (χ0v) is 10.4. The normalized spacial score (nSPS) is 10.2. The van der Waals surface area contributed by atoms with Gasteiger partial charge in [-0.15, -0.1) is 0 Å². The second-order valence-electron chi connectivity index (χ2n) is 3.59. The van der Waals surface area contributed by atoms with E-state index in [2.05, 4.69) is 9.97 Å². The molecule has 19 heavy (non-hydrogen) atoms. The Morgan fingerprint density at radius 2 is 2.16 bits per heavy atom. The van der Waals surface area contributed by atoms with Crippen molar-refractivity contribution in [3.8, 4) is 5.75 Å². The van der Waals surface area contributed by atoms with Gasteiger partial charge in [-0.3, -0.25) is 15.1 Å². The predicted octanol–water partition coefficient (Wildman–Crippen LogP) is 2.20. The number of rotatable bonds is 4. The number of halogens is 1. The maximum atomic E-state index is 10.9. The predicted molar refractivity (Wildman–Crippen MR) is 68.9 cm³/mol. The van der Waals surface area contributed by atoms with Crippen molar-refractivity contribution >= 4 is 23.1 Å². The molecule has 0 atom stereocenters. The van der Waals surface area contributed by atoms with Gasteiger partial charge >= 0.3 is 5.69 Å². The highest BCUT2D eigenvalue weighted by Gasteiger charge is 2.15. The molecular weight excluding hydrogens is 272 g/mol. The molecule has 2 N–H and O–H groups in total. The smallest absolute Gasteiger partial charge is 0.312 e. The van der Waals surface area contributed by atoms with Gasteiger partial charge in [0.2, 0.25) is 0 Å². The van der Waals surface area contributed by atoms with Gasteiger partial charge in [-0.05, 0) is 12.1 Å². The molecule has 2 rings (SSSR count). The van der Waals surface area contributed by atoms with Crippen molar-refractivity contribution in [2.45, 2.75) is 6.61 Å². The SMILES string of the molecule is Nc1cnc(COc2ccc(Cl)cc2[N+](=O)[O-])cn1. The molecule has 0 spiro atoms. The van der Waals surface area contributed by atoms with E-state index in [4.69, 9.17) is 22.1 Å². The first-order chi connectivity index (χ1) is 9.06. The lowest BCUT2D eigenvalue weighted by Crippen LogP contribution is -2.02. The number of anilines is 1. The summed E-state index contributed by atoms with van der Waals surface area (Å²) in [7, 11) is 0. The Labute approximate surface area is 113 Å². The van der Waals surface area contributed by atoms with Crippen molar-refractivity contribution in [2.75, 3.05) is 5.73 Å². The van der Waals surface area contributed by atoms with Crippen LogP contribution in [0.5, 0.6) is 5.75 Å². The van der Waals surface area contributed by atoms with Crippen LogP contribution in [0.25, 0.3) is 0 Å². The molecule has 0 radical (unpaired) electrons. The van der Waals surface area contributed by atoms with Crippen LogP contribution >= 0.6 is 11.6 Å². The molecule has 0 fully saturated rings. The van der Waals surface area contributed by atoms with Crippen LogP contribution in [0.15, 0.2) is 30.6 Å². The Bertz CT molecular complexity index is 603. The molecule has 2 aromatic rings. The van der Waals surface area contributed by atoms with Crippen molar-refractivity contribution < 1.29 is 9.66 Å². The average Bonchev–Trinajstić information content (AvgIpc) is 2.39. The second kappa shape index (κ2) is 5.49. The van der Waals surface area contributed by atoms with Crippen LogP contribution in [-0.2, 0) is 6.61 Å². The largest absolute Gasteiger partial charge is 0.480 e. The van der Waals surface area contributed by atoms with Gasteiger partial charge in [-0.1, -0.05) is 11.6 Å². The molecular formula is C11H9ClN4O3. The molecule has 0 bridgehead atoms. The van der Waals surface area contributed by atoms with E-state index in [9.17, 15) is 10.1 Å². The highest BCUT2D eigenvalue weighted by Crippen LogP contribution is 2.30. The quantitative estimate of drug-likeness (QED) is 0.680. The van der Waals surface area contributed by atoms with Crippen LogP contribution in [0, 0.1) is 10.1 Å². The topological polar surface area (TPSA) is 104 Å². The van der Waals surface area contributed by atoms with E-state index in [1.165, 1.54) is 30.6 Å². The highest BCUT2D eigenvalue weighted by molar-refractivity contribution is 6.30. The first-order valence-corrected chi connectivity index (χ1v) is 5.57. The van der Waals surface area contributed by atoms with Gasteiger partial charge in [-0.2, -0.15) is 0 Å². The third kappa shape index (κ3) is 3.29. The second-order valence-corrected chi connectivity index (χ2v) is 4.03. The lowest BCUT2D eigenvalue weighted by atomic mass is 10.3. The summed E-state index contributed by atoms with van der Waals surface area (Å²) < 4.78 is 5.34. The maximum Gasteiger partial charge on any atom is 0.312 e. The number of benzene rings is 1. The summed E-state index contributed by atoms with van der Waals surface area (Å²) in [6.07, 6.45) is 2.83. The number of nitro benzene ring substituents is 1. The zero-order valence-electron chi connectivity index (χ0n) is 9.62. The number of ether oxygens (including phenoxy) is 1. The summed E-state index contributed by atoms with van der Waals surface area (Å²) in [5.41, 5.74) is 5.71. The van der Waals surface area contributed by atoms with E-state index in [0.717, 1.165) is 0 Å². The Morgan fingerprint density at radius 1 is 1.37 bits per heavy atom. The standard InChI is InChI=1S/C11H9ClN4O3/c12-7-1-2-10(9(3-7)16(17)18)19-6-8-4-15-11(13)5-14-8/h1-5H,6H2,(H2,13,15). The molecule has 0 aliphatic heterocycles. The van der Waals surface area contributed by atoms with Crippen LogP contribution in [0.1, 0.15) is 5.69 Å². The van der Waals surface area contributed by atoms with Gasteiger partial charge in [0.15, 0.2) is 5.75 Å². The molecule has 0 unspecified atom stereocenters. The van der Waals surface area contributed by atoms with Crippen LogP contribution in [-0.4, -0.2) is 14.9 Å². The molecule has 0 aliphatic rings. The van der Waals surface area contributed by atoms with Crippen molar-refractivity contribution in [1.29, 1.82) is 0 Å². The number of hydrogen-bond acceptors (Lipinski definition) is 6. The van der Waals surface area contributed by atoms with Gasteiger partial charge in [-0.25, -0.2) is 4.98 Å². The summed E-state index contributed by atoms with van der Waals surface area (Å²) in [5.74, 6) is 0.411. The van der Waals surface area contributed by atoms with Crippen molar-refractivity contribution in [2.24, 2.45) is 0 Å². The van der Waals surface area contributed by atoms with Gasteiger partial charge in [0, 0.05) is 11.1 Å². The van der Waals surface area contributed by atoms with E-state index in [0.29, 0.717) is 11.5 Å². The van der Waals surface area contributed by atoms with E-state index >= 15 is 0 Å². The molecule has 1 aromatic heterocycles. The molecule has 7 nitrogen and oxygen atoms in total. The summed E-state index contributed by atoms with van der Waals surface area (Å²) in [5, 5.41) is 11.1. The summed E-state index contributed by atoms with van der Waals surface area (Å²) in [4.78, 5) is 18.1. The lowest BCUT2D eigenvalue weighted by Gasteiger charge is -2.06. The fourth-order valence-corrected chi connectivity index (χ4v) is 1.51. The number of aromatic nitrogens is 2. The number of hydrogen-bond donors (Lipinski definition) is 1. The minimum absolute atomic E-state index is 0.0513. The minimum Gasteiger partial charge on any atom is -0.480 e. The Balaban J connectivity index is 2.15. The zero-order chi connectivity index (χ0) is 13.8. The first kappa shape index (κ1) is 13.0. The fraction of sp³-hybridized carbons (Fsp3) is 0.0909. The monoisotopic (exact) mass is 280 g/mol. The lowest BCUT2D eigenvalue weighted by molar-refractivity contribution is -0.385. The van der Waals surface area contributed by atoms with E-state index in [1.54, 1.807) is 0 Å². The van der Waals surface area contributed by atoms with Gasteiger partial charge < -0.3 is 10.5 Å². The van der Waals surface area contributed by atoms with Crippen molar-refractivity contribution in [3.05, 3.63) is 51.4 Å². The fourth-order valence-electron chi connectivity index (χ4n) is 1.35. The minimum atomic E-state index is -0.560. The molecule has 0 amide bonds. The highest BCUT2D eigenvalue weighted by atomic mass is 35.5. The molecule has 0 saturated heterocycles. The van der Waals surface area contributed by atoms with Crippen LogP contribution in [0.4, 0.5) is 11.5 Å². The molecule has 98 valence electrons. The van der Waals surface area contributed by atoms with Crippen molar-refractivity contribution in [3.63, 3.8) is 0 Å². The van der Waals surface area contributed by atoms with Gasteiger partial charge in [0.25, 0.3) is 0 Å². The summed E-state index contributed by atoms with van der Waals surface area (Å²) in [6, 6.07) is 4.18. The maximum absolute atomic E-state index is 10.9. The summed E-state index contributed by atoms with van der Waals surface area (Å²) in [6.45, 7) is 0.0513. The number of nitro groups is 1. The number of nitrogens with zero attached hydrogens (tertiary/aromatic N) is 3. The Kier molecular flexibility index (Phi) is 3.76. The van der Waals surface area contributed by atoms with Crippen LogP contribution in [0.3, 0.4) is 0 Å². The van der Waals surface area contributed by atoms with Crippen molar-refractivity contribution in [1.82, 2.24) is 9.97 Å². The Hall–Kier alpha value is -2.41. The molecule has 0 saturated carbocycles. The number of nitrogen functional groups attached to an aromatic ring is 1. The number of nitrogens with two attached hydrogens (primary N) is 1. The first-order valence-electron chi connectivity index (χ1n) is 5.19. The van der Waals surface area contributed by atoms with Gasteiger partial charge in [0.05, 0.1) is 23.0 Å². The molecule has 1 heterocycles. The third-order valence-electron chi connectivity index (χ3n) is 2.22. The summed E-state index contributed by atoms with van der Waals surface area (Å²) >= 11 is 5.70. The van der Waals surface area contributed by atoms with E-state index < -0.39 is 4.92 Å². The third-order valence-corrected chi connectivity index (χ3v) is 2.45. The molecule has 8 heteroatoms. The van der Waals surface area contributed by atoms with Crippen LogP contribution in [0.2, 0.25) is 5.02 Å². The molecule has 1 aromatic carbocycles. The van der Waals surface area contributed by atoms with Crippen LogP contribution < -0.4 is 10.5 Å². The average molecular weight is 281 g/mol. The van der Waals surface area contributed by atoms with Gasteiger partial charge in [0.1, 0.15) is 12.4 Å².